The highest BCUT2D eigenvalue weighted by Crippen LogP contribution is 2.35. The average molecular weight is 562 g/mol. The molecule has 0 spiro atoms. The van der Waals surface area contributed by atoms with Crippen molar-refractivity contribution in [3.8, 4) is 5.75 Å². The van der Waals surface area contributed by atoms with Gasteiger partial charge in [0.2, 0.25) is 5.76 Å². The third kappa shape index (κ3) is 5.96. The minimum absolute atomic E-state index is 0.00167. The summed E-state index contributed by atoms with van der Waals surface area (Å²) in [6, 6.07) is 10.6. The molecule has 4 rings (SSSR count). The monoisotopic (exact) mass is 561 g/mol. The third-order valence-corrected chi connectivity index (χ3v) is 5.71. The van der Waals surface area contributed by atoms with Crippen LogP contribution in [-0.2, 0) is 20.9 Å². The van der Waals surface area contributed by atoms with E-state index in [9.17, 15) is 23.6 Å². The van der Waals surface area contributed by atoms with Crippen molar-refractivity contribution in [3.63, 3.8) is 0 Å². The molecule has 0 atom stereocenters. The van der Waals surface area contributed by atoms with E-state index in [1.54, 1.807) is 6.07 Å². The van der Waals surface area contributed by atoms with Crippen molar-refractivity contribution in [1.82, 2.24) is 10.2 Å². The molecule has 38 heavy (non-hydrogen) atoms. The van der Waals surface area contributed by atoms with Crippen LogP contribution in [0.4, 0.5) is 14.9 Å². The number of imide groups is 1. The number of benzene rings is 2. The number of hydrogen-bond donors (Lipinski definition) is 2. The van der Waals surface area contributed by atoms with Gasteiger partial charge in [0.25, 0.3) is 11.8 Å². The molecule has 2 heterocycles. The van der Waals surface area contributed by atoms with E-state index in [0.717, 1.165) is 4.90 Å². The van der Waals surface area contributed by atoms with Crippen molar-refractivity contribution in [1.29, 1.82) is 0 Å². The number of carbonyl (C=O) groups is 4. The Morgan fingerprint density at radius 3 is 2.53 bits per heavy atom. The summed E-state index contributed by atoms with van der Waals surface area (Å²) < 4.78 is 29.0. The van der Waals surface area contributed by atoms with Gasteiger partial charge in [0.05, 0.1) is 29.4 Å². The van der Waals surface area contributed by atoms with Crippen molar-refractivity contribution in [3.05, 3.63) is 87.2 Å². The van der Waals surface area contributed by atoms with E-state index < -0.39 is 36.2 Å². The summed E-state index contributed by atoms with van der Waals surface area (Å²) in [4.78, 5) is 49.7. The van der Waals surface area contributed by atoms with E-state index in [-0.39, 0.29) is 45.2 Å². The largest absolute Gasteiger partial charge is 0.481 e. The second kappa shape index (κ2) is 11.4. The standard InChI is InChI=1S/C25H18Cl2FN3O7/c1-36-24(34)20-7-6-14(38-20)11-31-23(33)19(30-25(31)35)10-13-8-15(26)22(16(27)9-13)37-12-21(32)29-18-5-3-2-4-17(18)28/h2-10H,11-12H2,1H3,(H,29,32)(H,30,35)/b19-10-. The van der Waals surface area contributed by atoms with Gasteiger partial charge in [-0.1, -0.05) is 35.3 Å². The van der Waals surface area contributed by atoms with Crippen LogP contribution in [0.25, 0.3) is 6.08 Å². The van der Waals surface area contributed by atoms with Crippen molar-refractivity contribution in [2.24, 2.45) is 0 Å². The molecular weight excluding hydrogens is 544 g/mol. The molecule has 1 aliphatic heterocycles. The summed E-state index contributed by atoms with van der Waals surface area (Å²) in [5.41, 5.74) is 0.299. The van der Waals surface area contributed by atoms with Gasteiger partial charge in [0.1, 0.15) is 17.3 Å². The molecule has 0 unspecified atom stereocenters. The van der Waals surface area contributed by atoms with Crippen LogP contribution in [-0.4, -0.2) is 42.4 Å². The zero-order valence-electron chi connectivity index (χ0n) is 19.5. The summed E-state index contributed by atoms with van der Waals surface area (Å²) in [6.45, 7) is -0.718. The Morgan fingerprint density at radius 1 is 1.13 bits per heavy atom. The first kappa shape index (κ1) is 26.7. The zero-order valence-corrected chi connectivity index (χ0v) is 21.1. The summed E-state index contributed by atoms with van der Waals surface area (Å²) in [6.07, 6.45) is 1.36. The first-order valence-electron chi connectivity index (χ1n) is 10.8. The van der Waals surface area contributed by atoms with E-state index in [2.05, 4.69) is 15.4 Å². The number of furan rings is 1. The van der Waals surface area contributed by atoms with Gasteiger partial charge < -0.3 is 24.5 Å². The number of carbonyl (C=O) groups excluding carboxylic acids is 4. The molecule has 196 valence electrons. The van der Waals surface area contributed by atoms with E-state index in [4.69, 9.17) is 32.4 Å². The van der Waals surface area contributed by atoms with Gasteiger partial charge in [0.15, 0.2) is 12.4 Å². The number of esters is 1. The third-order valence-electron chi connectivity index (χ3n) is 5.15. The smallest absolute Gasteiger partial charge is 0.373 e. The highest BCUT2D eigenvalue weighted by atomic mass is 35.5. The Bertz CT molecular complexity index is 1450. The number of methoxy groups -OCH3 is 1. The predicted octanol–water partition coefficient (Wildman–Crippen LogP) is 4.62. The molecule has 1 aliphatic rings. The second-order valence-corrected chi connectivity index (χ2v) is 8.58. The van der Waals surface area contributed by atoms with Crippen LogP contribution < -0.4 is 15.4 Å². The van der Waals surface area contributed by atoms with Gasteiger partial charge >= 0.3 is 12.0 Å². The van der Waals surface area contributed by atoms with Crippen LogP contribution in [0.1, 0.15) is 21.9 Å². The molecule has 10 nitrogen and oxygen atoms in total. The molecule has 3 aromatic rings. The number of nitrogens with zero attached hydrogens (tertiary/aromatic N) is 1. The van der Waals surface area contributed by atoms with Crippen LogP contribution in [0.5, 0.6) is 5.75 Å². The molecule has 1 aromatic heterocycles. The molecule has 0 radical (unpaired) electrons. The van der Waals surface area contributed by atoms with Gasteiger partial charge in [-0.05, 0) is 48.0 Å². The average Bonchev–Trinajstić information content (AvgIpc) is 3.45. The minimum atomic E-state index is -0.699. The predicted molar refractivity (Wildman–Crippen MR) is 134 cm³/mol. The number of para-hydroxylation sites is 1. The molecule has 2 aromatic carbocycles. The fourth-order valence-electron chi connectivity index (χ4n) is 3.40. The molecular formula is C25H18Cl2FN3O7. The molecule has 1 fully saturated rings. The molecule has 1 saturated heterocycles. The van der Waals surface area contributed by atoms with E-state index in [1.165, 1.54) is 55.7 Å². The van der Waals surface area contributed by atoms with Crippen molar-refractivity contribution in [2.75, 3.05) is 19.0 Å². The lowest BCUT2D eigenvalue weighted by molar-refractivity contribution is -0.123. The Hall–Kier alpha value is -4.35. The van der Waals surface area contributed by atoms with Crippen LogP contribution in [0, 0.1) is 5.82 Å². The van der Waals surface area contributed by atoms with Crippen LogP contribution in [0.2, 0.25) is 10.0 Å². The fraction of sp³-hybridized carbons (Fsp3) is 0.120. The normalized spacial score (nSPS) is 14.0. The summed E-state index contributed by atoms with van der Waals surface area (Å²) in [5, 5.41) is 4.88. The maximum absolute atomic E-state index is 13.7. The van der Waals surface area contributed by atoms with E-state index in [1.807, 2.05) is 0 Å². The number of urea groups is 1. The molecule has 4 amide bonds. The molecule has 13 heteroatoms. The Labute approximate surface area is 224 Å². The minimum Gasteiger partial charge on any atom is -0.481 e. The van der Waals surface area contributed by atoms with Crippen LogP contribution in [0.3, 0.4) is 0 Å². The van der Waals surface area contributed by atoms with Gasteiger partial charge in [-0.3, -0.25) is 14.5 Å². The van der Waals surface area contributed by atoms with Gasteiger partial charge in [-0.15, -0.1) is 0 Å². The van der Waals surface area contributed by atoms with Gasteiger partial charge in [-0.25, -0.2) is 14.0 Å². The molecule has 0 saturated carbocycles. The number of amides is 4. The lowest BCUT2D eigenvalue weighted by Gasteiger charge is -2.12. The van der Waals surface area contributed by atoms with Crippen LogP contribution >= 0.6 is 23.2 Å². The topological polar surface area (TPSA) is 127 Å². The van der Waals surface area contributed by atoms with Crippen molar-refractivity contribution in [2.45, 2.75) is 6.54 Å². The van der Waals surface area contributed by atoms with Crippen LogP contribution in [0.15, 0.2) is 58.6 Å². The summed E-state index contributed by atoms with van der Waals surface area (Å²) in [7, 11) is 1.20. The maximum atomic E-state index is 13.7. The van der Waals surface area contributed by atoms with Gasteiger partial charge in [-0.2, -0.15) is 0 Å². The Morgan fingerprint density at radius 2 is 1.84 bits per heavy atom. The Kier molecular flexibility index (Phi) is 7.99. The number of nitrogens with one attached hydrogen (secondary N) is 2. The molecule has 0 aliphatic carbocycles. The van der Waals surface area contributed by atoms with Crippen molar-refractivity contribution < 1.29 is 37.5 Å². The van der Waals surface area contributed by atoms with Crippen molar-refractivity contribution >= 4 is 58.8 Å². The second-order valence-electron chi connectivity index (χ2n) is 7.77. The van der Waals surface area contributed by atoms with Gasteiger partial charge in [0, 0.05) is 0 Å². The molecule has 2 N–H and O–H groups in total. The summed E-state index contributed by atoms with van der Waals surface area (Å²) in [5.74, 6) is -2.45. The van der Waals surface area contributed by atoms with E-state index >= 15 is 0 Å². The quantitative estimate of drug-likeness (QED) is 0.233. The highest BCUT2D eigenvalue weighted by molar-refractivity contribution is 6.37. The number of halogens is 3. The number of anilines is 1. The zero-order chi connectivity index (χ0) is 27.4. The number of hydrogen-bond acceptors (Lipinski definition) is 7. The lowest BCUT2D eigenvalue weighted by atomic mass is 10.1. The number of ether oxygens (including phenoxy) is 2. The first-order chi connectivity index (χ1) is 18.2. The fourth-order valence-corrected chi connectivity index (χ4v) is 4.01. The Balaban J connectivity index is 1.42. The highest BCUT2D eigenvalue weighted by Gasteiger charge is 2.34. The lowest BCUT2D eigenvalue weighted by Crippen LogP contribution is -2.30. The maximum Gasteiger partial charge on any atom is 0.373 e. The molecule has 0 bridgehead atoms. The first-order valence-corrected chi connectivity index (χ1v) is 11.6. The number of rotatable bonds is 8. The summed E-state index contributed by atoms with van der Waals surface area (Å²) >= 11 is 12.5. The SMILES string of the molecule is COC(=O)c1ccc(CN2C(=O)N/C(=C\c3cc(Cl)c(OCC(=O)Nc4ccccc4F)c(Cl)c3)C2=O)o1. The van der Waals surface area contributed by atoms with E-state index in [0.29, 0.717) is 5.56 Å².